The number of methoxy groups -OCH3 is 2. The molecule has 1 fully saturated rings. The van der Waals surface area contributed by atoms with Gasteiger partial charge < -0.3 is 19.7 Å². The second kappa shape index (κ2) is 7.47. The highest BCUT2D eigenvalue weighted by atomic mass is 16.5. The Hall–Kier alpha value is -3.02. The topological polar surface area (TPSA) is 67.9 Å². The number of nitrogens with one attached hydrogen (secondary N) is 1. The van der Waals surface area contributed by atoms with Gasteiger partial charge >= 0.3 is 0 Å². The number of benzene rings is 2. The van der Waals surface area contributed by atoms with Crippen molar-refractivity contribution in [2.45, 2.75) is 13.3 Å². The fourth-order valence-corrected chi connectivity index (χ4v) is 3.05. The third-order valence-electron chi connectivity index (χ3n) is 4.49. The minimum absolute atomic E-state index is 0.0634. The predicted molar refractivity (Wildman–Crippen MR) is 99.8 cm³/mol. The minimum Gasteiger partial charge on any atom is -0.497 e. The summed E-state index contributed by atoms with van der Waals surface area (Å²) in [5, 5.41) is 2.89. The van der Waals surface area contributed by atoms with E-state index in [2.05, 4.69) is 5.32 Å². The van der Waals surface area contributed by atoms with Crippen LogP contribution in [0.4, 0.5) is 11.4 Å². The smallest absolute Gasteiger partial charge is 0.229 e. The number of aryl methyl sites for hydroxylation is 1. The Balaban J connectivity index is 1.71. The summed E-state index contributed by atoms with van der Waals surface area (Å²) < 4.78 is 10.4. The van der Waals surface area contributed by atoms with Crippen LogP contribution in [0.3, 0.4) is 0 Å². The van der Waals surface area contributed by atoms with E-state index in [9.17, 15) is 9.59 Å². The van der Waals surface area contributed by atoms with Gasteiger partial charge in [0.15, 0.2) is 0 Å². The second-order valence-electron chi connectivity index (χ2n) is 6.30. The molecule has 2 aromatic rings. The van der Waals surface area contributed by atoms with Crippen molar-refractivity contribution in [3.8, 4) is 11.5 Å². The van der Waals surface area contributed by atoms with Crippen molar-refractivity contribution in [1.29, 1.82) is 0 Å². The third kappa shape index (κ3) is 3.64. The van der Waals surface area contributed by atoms with Gasteiger partial charge in [-0.05, 0) is 48.9 Å². The number of hydrogen-bond donors (Lipinski definition) is 1. The van der Waals surface area contributed by atoms with Gasteiger partial charge in [0.05, 0.1) is 25.8 Å². The van der Waals surface area contributed by atoms with Crippen molar-refractivity contribution in [3.05, 3.63) is 48.0 Å². The first-order chi connectivity index (χ1) is 12.5. The van der Waals surface area contributed by atoms with Gasteiger partial charge in [0.25, 0.3) is 0 Å². The molecule has 0 spiro atoms. The largest absolute Gasteiger partial charge is 0.497 e. The van der Waals surface area contributed by atoms with Crippen molar-refractivity contribution < 1.29 is 19.1 Å². The number of nitrogens with zero attached hydrogens (tertiary/aromatic N) is 1. The molecule has 1 heterocycles. The molecular formula is C20H22N2O4. The van der Waals surface area contributed by atoms with Crippen LogP contribution in [0, 0.1) is 12.8 Å². The Morgan fingerprint density at radius 2 is 1.85 bits per heavy atom. The van der Waals surface area contributed by atoms with Crippen LogP contribution in [0.25, 0.3) is 0 Å². The molecule has 0 saturated carbocycles. The number of anilines is 2. The Bertz CT molecular complexity index is 817. The monoisotopic (exact) mass is 354 g/mol. The van der Waals surface area contributed by atoms with Gasteiger partial charge in [0, 0.05) is 18.7 Å². The van der Waals surface area contributed by atoms with Gasteiger partial charge in [-0.2, -0.15) is 0 Å². The highest BCUT2D eigenvalue weighted by Gasteiger charge is 2.35. The van der Waals surface area contributed by atoms with E-state index in [4.69, 9.17) is 9.47 Å². The number of carbonyl (C=O) groups excluding carboxylic acids is 2. The zero-order chi connectivity index (χ0) is 18.7. The maximum atomic E-state index is 12.7. The summed E-state index contributed by atoms with van der Waals surface area (Å²) in [6.07, 6.45) is 0.187. The molecule has 1 aliphatic heterocycles. The molecule has 136 valence electrons. The summed E-state index contributed by atoms with van der Waals surface area (Å²) in [6, 6.07) is 12.8. The van der Waals surface area contributed by atoms with Gasteiger partial charge in [-0.15, -0.1) is 0 Å². The number of hydrogen-bond acceptors (Lipinski definition) is 4. The third-order valence-corrected chi connectivity index (χ3v) is 4.49. The van der Waals surface area contributed by atoms with Crippen molar-refractivity contribution in [1.82, 2.24) is 0 Å². The van der Waals surface area contributed by atoms with Gasteiger partial charge in [-0.25, -0.2) is 0 Å². The van der Waals surface area contributed by atoms with E-state index in [1.807, 2.05) is 37.3 Å². The molecule has 26 heavy (non-hydrogen) atoms. The normalized spacial score (nSPS) is 16.5. The van der Waals surface area contributed by atoms with Gasteiger partial charge in [0.2, 0.25) is 11.8 Å². The highest BCUT2D eigenvalue weighted by molar-refractivity contribution is 6.04. The second-order valence-corrected chi connectivity index (χ2v) is 6.30. The Labute approximate surface area is 152 Å². The zero-order valence-electron chi connectivity index (χ0n) is 15.1. The van der Waals surface area contributed by atoms with Crippen LogP contribution in [0.15, 0.2) is 42.5 Å². The molecule has 3 rings (SSSR count). The minimum atomic E-state index is -0.408. The first-order valence-electron chi connectivity index (χ1n) is 8.41. The summed E-state index contributed by atoms with van der Waals surface area (Å²) in [5.74, 6) is 0.668. The lowest BCUT2D eigenvalue weighted by atomic mass is 10.1. The van der Waals surface area contributed by atoms with Gasteiger partial charge in [-0.1, -0.05) is 6.07 Å². The molecule has 6 heteroatoms. The number of amides is 2. The van der Waals surface area contributed by atoms with Crippen molar-refractivity contribution in [2.24, 2.45) is 5.92 Å². The van der Waals surface area contributed by atoms with Crippen LogP contribution in [-0.2, 0) is 9.59 Å². The summed E-state index contributed by atoms with van der Waals surface area (Å²) >= 11 is 0. The van der Waals surface area contributed by atoms with Crippen LogP contribution in [0.2, 0.25) is 0 Å². The molecule has 1 saturated heterocycles. The van der Waals surface area contributed by atoms with E-state index >= 15 is 0 Å². The molecule has 0 unspecified atom stereocenters. The van der Waals surface area contributed by atoms with E-state index < -0.39 is 5.92 Å². The van der Waals surface area contributed by atoms with E-state index in [-0.39, 0.29) is 18.2 Å². The summed E-state index contributed by atoms with van der Waals surface area (Å²) in [5.41, 5.74) is 2.40. The molecule has 6 nitrogen and oxygen atoms in total. The molecule has 0 aromatic heterocycles. The maximum Gasteiger partial charge on any atom is 0.229 e. The lowest BCUT2D eigenvalue weighted by Gasteiger charge is -2.17. The number of ether oxygens (including phenoxy) is 2. The Morgan fingerprint density at radius 3 is 2.50 bits per heavy atom. The van der Waals surface area contributed by atoms with Crippen molar-refractivity contribution >= 4 is 23.2 Å². The van der Waals surface area contributed by atoms with Crippen LogP contribution < -0.4 is 19.7 Å². The Morgan fingerprint density at radius 1 is 1.12 bits per heavy atom. The van der Waals surface area contributed by atoms with Gasteiger partial charge in [-0.3, -0.25) is 9.59 Å². The van der Waals surface area contributed by atoms with E-state index in [0.717, 1.165) is 17.0 Å². The zero-order valence-corrected chi connectivity index (χ0v) is 15.1. The lowest BCUT2D eigenvalue weighted by Crippen LogP contribution is -2.28. The fraction of sp³-hybridized carbons (Fsp3) is 0.300. The standard InChI is InChI=1S/C20H22N2O4/c1-13-4-9-18(26-3)17(10-13)21-20(24)14-11-19(23)22(12-14)15-5-7-16(25-2)8-6-15/h4-10,14H,11-12H2,1-3H3,(H,21,24)/t14-/m1/s1. The molecular weight excluding hydrogens is 332 g/mol. The molecule has 0 bridgehead atoms. The van der Waals surface area contributed by atoms with Gasteiger partial charge in [0.1, 0.15) is 11.5 Å². The quantitative estimate of drug-likeness (QED) is 0.896. The van der Waals surface area contributed by atoms with E-state index in [1.54, 1.807) is 31.3 Å². The fourth-order valence-electron chi connectivity index (χ4n) is 3.05. The summed E-state index contributed by atoms with van der Waals surface area (Å²) in [6.45, 7) is 2.30. The van der Waals surface area contributed by atoms with Crippen molar-refractivity contribution in [2.75, 3.05) is 31.0 Å². The van der Waals surface area contributed by atoms with Crippen molar-refractivity contribution in [3.63, 3.8) is 0 Å². The summed E-state index contributed by atoms with van der Waals surface area (Å²) in [4.78, 5) is 26.7. The maximum absolute atomic E-state index is 12.7. The van der Waals surface area contributed by atoms with E-state index in [1.165, 1.54) is 0 Å². The molecule has 2 amide bonds. The molecule has 1 N–H and O–H groups in total. The van der Waals surface area contributed by atoms with Crippen LogP contribution >= 0.6 is 0 Å². The predicted octanol–water partition coefficient (Wildman–Crippen LogP) is 3.00. The highest BCUT2D eigenvalue weighted by Crippen LogP contribution is 2.30. The van der Waals surface area contributed by atoms with Crippen LogP contribution in [0.1, 0.15) is 12.0 Å². The molecule has 0 radical (unpaired) electrons. The SMILES string of the molecule is COc1ccc(N2C[C@H](C(=O)Nc3cc(C)ccc3OC)CC2=O)cc1. The molecule has 1 atom stereocenters. The average molecular weight is 354 g/mol. The van der Waals surface area contributed by atoms with Crippen LogP contribution in [-0.4, -0.2) is 32.6 Å². The van der Waals surface area contributed by atoms with E-state index in [0.29, 0.717) is 18.0 Å². The Kier molecular flexibility index (Phi) is 5.11. The number of carbonyl (C=O) groups is 2. The lowest BCUT2D eigenvalue weighted by molar-refractivity contribution is -0.122. The summed E-state index contributed by atoms with van der Waals surface area (Å²) in [7, 11) is 3.15. The molecule has 1 aliphatic rings. The first-order valence-corrected chi connectivity index (χ1v) is 8.41. The average Bonchev–Trinajstić information content (AvgIpc) is 3.04. The number of rotatable bonds is 5. The van der Waals surface area contributed by atoms with Crippen LogP contribution in [0.5, 0.6) is 11.5 Å². The molecule has 2 aromatic carbocycles. The first kappa shape index (κ1) is 17.8. The molecule has 0 aliphatic carbocycles.